The quantitative estimate of drug-likeness (QED) is 0.799. The van der Waals surface area contributed by atoms with Gasteiger partial charge in [-0.25, -0.2) is 0 Å². The molecular formula is C11H13NO4S2. The average Bonchev–Trinajstić information content (AvgIpc) is 2.11. The molecule has 0 saturated heterocycles. The lowest BCUT2D eigenvalue weighted by Gasteiger charge is -2.24. The molecule has 1 aromatic carbocycles. The standard InChI is InChI=1S/C11H13NO4S2/c1-11(2,3)12-10(13)9-7-5-4-6-8(9)17-18(14,15)16-7/h4-6H,1-3H3,(H,12,13). The van der Waals surface area contributed by atoms with Gasteiger partial charge in [-0.2, -0.15) is 8.42 Å². The zero-order valence-electron chi connectivity index (χ0n) is 10.2. The van der Waals surface area contributed by atoms with E-state index in [1.807, 2.05) is 20.8 Å². The Hall–Kier alpha value is -1.21. The minimum atomic E-state index is -3.69. The largest absolute Gasteiger partial charge is 0.373 e. The molecule has 0 aliphatic carbocycles. The summed E-state index contributed by atoms with van der Waals surface area (Å²) in [4.78, 5) is 12.5. The number of carbonyl (C=O) groups excluding carboxylic acids is 1. The highest BCUT2D eigenvalue weighted by Crippen LogP contribution is 2.40. The van der Waals surface area contributed by atoms with Gasteiger partial charge in [0, 0.05) is 21.2 Å². The molecule has 5 nitrogen and oxygen atoms in total. The Bertz CT molecular complexity index is 572. The molecule has 0 radical (unpaired) electrons. The van der Waals surface area contributed by atoms with Gasteiger partial charge in [0.25, 0.3) is 5.91 Å². The van der Waals surface area contributed by atoms with Gasteiger partial charge in [-0.05, 0) is 32.9 Å². The maximum atomic E-state index is 12.1. The zero-order chi connectivity index (χ0) is 13.6. The van der Waals surface area contributed by atoms with Crippen LogP contribution in [-0.4, -0.2) is 19.9 Å². The number of hydrogen-bond donors (Lipinski definition) is 1. The predicted molar refractivity (Wildman–Crippen MR) is 69.1 cm³/mol. The van der Waals surface area contributed by atoms with Crippen LogP contribution >= 0.6 is 10.8 Å². The molecule has 98 valence electrons. The third-order valence-corrected chi connectivity index (χ3v) is 4.55. The van der Waals surface area contributed by atoms with E-state index < -0.39 is 14.7 Å². The third kappa shape index (κ3) is 2.78. The van der Waals surface area contributed by atoms with Crippen molar-refractivity contribution >= 4 is 25.9 Å². The van der Waals surface area contributed by atoms with Crippen LogP contribution in [0.5, 0.6) is 5.75 Å². The summed E-state index contributed by atoms with van der Waals surface area (Å²) in [5.41, 5.74) is -0.128. The van der Waals surface area contributed by atoms with E-state index in [1.165, 1.54) is 6.07 Å². The van der Waals surface area contributed by atoms with Crippen LogP contribution in [0.15, 0.2) is 23.1 Å². The molecule has 0 saturated carbocycles. The van der Waals surface area contributed by atoms with Crippen molar-refractivity contribution < 1.29 is 17.4 Å². The maximum Gasteiger partial charge on any atom is 0.370 e. The number of carbonyl (C=O) groups is 1. The molecule has 18 heavy (non-hydrogen) atoms. The van der Waals surface area contributed by atoms with Crippen LogP contribution in [-0.2, 0) is 9.15 Å². The van der Waals surface area contributed by atoms with Gasteiger partial charge in [0.15, 0.2) is 5.75 Å². The van der Waals surface area contributed by atoms with Crippen molar-refractivity contribution in [3.05, 3.63) is 23.8 Å². The normalized spacial score (nSPS) is 16.8. The summed E-state index contributed by atoms with van der Waals surface area (Å²) in [6, 6.07) is 4.71. The number of rotatable bonds is 1. The molecule has 0 unspecified atom stereocenters. The number of benzene rings is 1. The Labute approximate surface area is 109 Å². The Kier molecular flexibility index (Phi) is 3.06. The van der Waals surface area contributed by atoms with Gasteiger partial charge in [-0.3, -0.25) is 4.79 Å². The van der Waals surface area contributed by atoms with Gasteiger partial charge in [-0.1, -0.05) is 6.07 Å². The number of amides is 1. The maximum absolute atomic E-state index is 12.1. The molecule has 1 aliphatic rings. The minimum Gasteiger partial charge on any atom is -0.373 e. The number of nitrogens with one attached hydrogen (secondary N) is 1. The fraction of sp³-hybridized carbons (Fsp3) is 0.364. The second-order valence-corrected chi connectivity index (χ2v) is 8.22. The van der Waals surface area contributed by atoms with Crippen molar-refractivity contribution in [2.24, 2.45) is 0 Å². The molecule has 0 fully saturated rings. The lowest BCUT2D eigenvalue weighted by Crippen LogP contribution is -2.41. The lowest BCUT2D eigenvalue weighted by molar-refractivity contribution is 0.0915. The van der Waals surface area contributed by atoms with Gasteiger partial charge in [0.05, 0.1) is 5.56 Å². The first-order valence-corrected chi connectivity index (χ1v) is 8.01. The Morgan fingerprint density at radius 1 is 1.33 bits per heavy atom. The summed E-state index contributed by atoms with van der Waals surface area (Å²) in [5, 5.41) is 2.79. The van der Waals surface area contributed by atoms with E-state index in [0.29, 0.717) is 15.7 Å². The molecular weight excluding hydrogens is 274 g/mol. The van der Waals surface area contributed by atoms with Crippen molar-refractivity contribution in [3.8, 4) is 5.75 Å². The second-order valence-electron chi connectivity index (χ2n) is 4.91. The Balaban J connectivity index is 2.42. The molecule has 1 amide bonds. The van der Waals surface area contributed by atoms with E-state index in [4.69, 9.17) is 4.18 Å². The van der Waals surface area contributed by atoms with E-state index in [2.05, 4.69) is 5.32 Å². The van der Waals surface area contributed by atoms with Crippen LogP contribution in [0.25, 0.3) is 0 Å². The van der Waals surface area contributed by atoms with Gasteiger partial charge in [0.1, 0.15) is 0 Å². The molecule has 2 bridgehead atoms. The minimum absolute atomic E-state index is 0.0769. The first-order chi connectivity index (χ1) is 8.18. The summed E-state index contributed by atoms with van der Waals surface area (Å²) in [5.74, 6) is -0.261. The fourth-order valence-electron chi connectivity index (χ4n) is 1.51. The summed E-state index contributed by atoms with van der Waals surface area (Å²) >= 11 is 0. The van der Waals surface area contributed by atoms with E-state index in [9.17, 15) is 13.2 Å². The van der Waals surface area contributed by atoms with Gasteiger partial charge >= 0.3 is 9.15 Å². The van der Waals surface area contributed by atoms with Crippen LogP contribution < -0.4 is 9.50 Å². The predicted octanol–water partition coefficient (Wildman–Crippen LogP) is 1.94. The Morgan fingerprint density at radius 3 is 2.56 bits per heavy atom. The highest BCUT2D eigenvalue weighted by atomic mass is 33.1. The monoisotopic (exact) mass is 287 g/mol. The lowest BCUT2D eigenvalue weighted by atomic mass is 10.1. The van der Waals surface area contributed by atoms with Gasteiger partial charge < -0.3 is 9.50 Å². The summed E-state index contributed by atoms with van der Waals surface area (Å²) < 4.78 is 27.7. The van der Waals surface area contributed by atoms with Crippen molar-refractivity contribution in [1.82, 2.24) is 5.32 Å². The molecule has 2 rings (SSSR count). The topological polar surface area (TPSA) is 72.5 Å². The molecule has 0 aromatic heterocycles. The van der Waals surface area contributed by atoms with Crippen molar-refractivity contribution in [1.29, 1.82) is 0 Å². The van der Waals surface area contributed by atoms with Crippen LogP contribution in [0.2, 0.25) is 0 Å². The molecule has 7 heteroatoms. The van der Waals surface area contributed by atoms with Crippen LogP contribution in [0, 0.1) is 0 Å². The molecule has 1 aromatic rings. The Morgan fingerprint density at radius 2 is 2.00 bits per heavy atom. The highest BCUT2D eigenvalue weighted by molar-refractivity contribution is 8.70. The van der Waals surface area contributed by atoms with E-state index in [-0.39, 0.29) is 17.2 Å². The second kappa shape index (κ2) is 4.17. The summed E-state index contributed by atoms with van der Waals surface area (Å²) in [6.07, 6.45) is 0. The summed E-state index contributed by atoms with van der Waals surface area (Å²) in [6.45, 7) is 5.55. The van der Waals surface area contributed by atoms with Crippen molar-refractivity contribution in [2.75, 3.05) is 0 Å². The zero-order valence-corrected chi connectivity index (χ0v) is 11.8. The van der Waals surface area contributed by atoms with Crippen molar-refractivity contribution in [2.45, 2.75) is 31.2 Å². The van der Waals surface area contributed by atoms with Crippen LogP contribution in [0.1, 0.15) is 31.1 Å². The number of hydrogen-bond acceptors (Lipinski definition) is 5. The van der Waals surface area contributed by atoms with Crippen LogP contribution in [0.3, 0.4) is 0 Å². The molecule has 1 aliphatic heterocycles. The average molecular weight is 287 g/mol. The molecule has 0 atom stereocenters. The van der Waals surface area contributed by atoms with Crippen molar-refractivity contribution in [3.63, 3.8) is 0 Å². The van der Waals surface area contributed by atoms with Crippen LogP contribution in [0.4, 0.5) is 0 Å². The first-order valence-electron chi connectivity index (χ1n) is 5.27. The first kappa shape index (κ1) is 13.2. The highest BCUT2D eigenvalue weighted by Gasteiger charge is 2.31. The molecule has 1 heterocycles. The van der Waals surface area contributed by atoms with Gasteiger partial charge in [0.2, 0.25) is 0 Å². The van der Waals surface area contributed by atoms with E-state index in [1.54, 1.807) is 12.1 Å². The summed E-state index contributed by atoms with van der Waals surface area (Å²) in [7, 11) is -3.15. The molecule has 0 spiro atoms. The third-order valence-electron chi connectivity index (χ3n) is 2.09. The van der Waals surface area contributed by atoms with E-state index in [0.717, 1.165) is 0 Å². The smallest absolute Gasteiger partial charge is 0.370 e. The number of fused-ring (bicyclic) bond motifs is 2. The fourth-order valence-corrected chi connectivity index (χ4v) is 3.94. The van der Waals surface area contributed by atoms with Gasteiger partial charge in [-0.15, -0.1) is 0 Å². The SMILES string of the molecule is CC(C)(C)NC(=O)c1c2cccc1SS(=O)(=O)O2. The molecule has 1 N–H and O–H groups in total. The van der Waals surface area contributed by atoms with E-state index >= 15 is 0 Å².